The third-order valence-electron chi connectivity index (χ3n) is 1.72. The molecule has 1 rings (SSSR count). The van der Waals surface area contributed by atoms with Gasteiger partial charge < -0.3 is 11.1 Å². The van der Waals surface area contributed by atoms with E-state index in [1.165, 1.54) is 0 Å². The summed E-state index contributed by atoms with van der Waals surface area (Å²) in [4.78, 5) is 8.40. The van der Waals surface area contributed by atoms with Crippen LogP contribution in [-0.2, 0) is 0 Å². The highest BCUT2D eigenvalue weighted by Crippen LogP contribution is 2.00. The van der Waals surface area contributed by atoms with Crippen molar-refractivity contribution in [3.8, 4) is 0 Å². The van der Waals surface area contributed by atoms with Crippen molar-refractivity contribution in [3.05, 3.63) is 0 Å². The van der Waals surface area contributed by atoms with Gasteiger partial charge in [-0.3, -0.25) is 10.3 Å². The number of aliphatic imine (C=N–C) groups is 2. The molecule has 1 aliphatic rings. The largest absolute Gasteiger partial charge is 0.370 e. The number of guanidine groups is 2. The molecule has 0 bridgehead atoms. The van der Waals surface area contributed by atoms with Gasteiger partial charge in [0.1, 0.15) is 6.17 Å². The maximum absolute atomic E-state index is 5.59. The average molecular weight is 183 g/mol. The quantitative estimate of drug-likeness (QED) is 0.576. The number of nitrogens with two attached hydrogens (primary N) is 1. The molecule has 74 valence electrons. The van der Waals surface area contributed by atoms with Crippen molar-refractivity contribution in [2.75, 3.05) is 6.54 Å². The molecule has 0 saturated carbocycles. The Morgan fingerprint density at radius 1 is 1.54 bits per heavy atom. The summed E-state index contributed by atoms with van der Waals surface area (Å²) in [6.07, 6.45) is 2.13. The van der Waals surface area contributed by atoms with Gasteiger partial charge in [-0.15, -0.1) is 0 Å². The molecule has 4 N–H and O–H groups in total. The Morgan fingerprint density at radius 3 is 2.92 bits per heavy atom. The van der Waals surface area contributed by atoms with Crippen LogP contribution in [0.25, 0.3) is 0 Å². The van der Waals surface area contributed by atoms with Crippen LogP contribution in [0.4, 0.5) is 0 Å². The summed E-state index contributed by atoms with van der Waals surface area (Å²) in [7, 11) is 0. The Hall–Kier alpha value is -1.26. The van der Waals surface area contributed by atoms with Crippen molar-refractivity contribution >= 4 is 11.9 Å². The molecule has 0 radical (unpaired) electrons. The van der Waals surface area contributed by atoms with Gasteiger partial charge in [-0.25, -0.2) is 4.99 Å². The zero-order valence-electron chi connectivity index (χ0n) is 8.17. The first kappa shape index (κ1) is 9.83. The van der Waals surface area contributed by atoms with E-state index in [0.29, 0.717) is 5.96 Å². The minimum absolute atomic E-state index is 0.0801. The van der Waals surface area contributed by atoms with Crippen molar-refractivity contribution in [1.29, 1.82) is 0 Å². The summed E-state index contributed by atoms with van der Waals surface area (Å²) in [5.41, 5.74) is 5.59. The molecule has 1 aliphatic heterocycles. The number of hydrogen-bond donors (Lipinski definition) is 3. The van der Waals surface area contributed by atoms with Gasteiger partial charge in [0.15, 0.2) is 11.9 Å². The van der Waals surface area contributed by atoms with Crippen LogP contribution in [0.1, 0.15) is 26.7 Å². The highest BCUT2D eigenvalue weighted by molar-refractivity contribution is 5.99. The smallest absolute Gasteiger partial charge is 0.199 e. The van der Waals surface area contributed by atoms with Crippen LogP contribution in [0.3, 0.4) is 0 Å². The molecule has 0 aliphatic carbocycles. The molecule has 0 fully saturated rings. The second kappa shape index (κ2) is 4.69. The monoisotopic (exact) mass is 183 g/mol. The van der Waals surface area contributed by atoms with Gasteiger partial charge in [-0.1, -0.05) is 13.3 Å². The third kappa shape index (κ3) is 2.93. The van der Waals surface area contributed by atoms with Gasteiger partial charge in [0, 0.05) is 6.54 Å². The Morgan fingerprint density at radius 2 is 2.31 bits per heavy atom. The fourth-order valence-electron chi connectivity index (χ4n) is 1.20. The van der Waals surface area contributed by atoms with E-state index in [0.717, 1.165) is 25.3 Å². The van der Waals surface area contributed by atoms with Gasteiger partial charge in [0.05, 0.1) is 0 Å². The molecule has 5 heteroatoms. The van der Waals surface area contributed by atoms with Gasteiger partial charge in [-0.05, 0) is 13.3 Å². The Labute approximate surface area is 78.5 Å². The standard InChI is InChI=1S/C8H17N5/c1-3-5-6-11-7(9)13-8(12-6)10-4-2/h6H,3-5H2,1-2H3,(H4,9,10,11,12,13). The van der Waals surface area contributed by atoms with E-state index in [2.05, 4.69) is 27.5 Å². The fraction of sp³-hybridized carbons (Fsp3) is 0.750. The first-order valence-corrected chi connectivity index (χ1v) is 4.67. The van der Waals surface area contributed by atoms with E-state index in [1.54, 1.807) is 0 Å². The highest BCUT2D eigenvalue weighted by Gasteiger charge is 2.14. The predicted molar refractivity (Wildman–Crippen MR) is 54.6 cm³/mol. The molecule has 0 aromatic carbocycles. The van der Waals surface area contributed by atoms with Crippen molar-refractivity contribution < 1.29 is 0 Å². The Kier molecular flexibility index (Phi) is 3.54. The molecule has 1 heterocycles. The first-order chi connectivity index (χ1) is 6.26. The number of rotatable bonds is 3. The lowest BCUT2D eigenvalue weighted by Crippen LogP contribution is -2.53. The summed E-state index contributed by atoms with van der Waals surface area (Å²) in [6, 6.07) is 0. The number of nitrogens with one attached hydrogen (secondary N) is 2. The first-order valence-electron chi connectivity index (χ1n) is 4.67. The van der Waals surface area contributed by atoms with Crippen LogP contribution in [0.5, 0.6) is 0 Å². The Bertz CT molecular complexity index is 221. The van der Waals surface area contributed by atoms with Crippen LogP contribution >= 0.6 is 0 Å². The molecule has 13 heavy (non-hydrogen) atoms. The predicted octanol–water partition coefficient (Wildman–Crippen LogP) is -0.00400. The van der Waals surface area contributed by atoms with Gasteiger partial charge in [0.2, 0.25) is 0 Å². The minimum Gasteiger partial charge on any atom is -0.370 e. The summed E-state index contributed by atoms with van der Waals surface area (Å²) >= 11 is 0. The Balaban J connectivity index is 2.60. The van der Waals surface area contributed by atoms with Crippen molar-refractivity contribution in [3.63, 3.8) is 0 Å². The van der Waals surface area contributed by atoms with Crippen LogP contribution in [0.2, 0.25) is 0 Å². The molecule has 0 spiro atoms. The summed E-state index contributed by atoms with van der Waals surface area (Å²) < 4.78 is 0. The zero-order valence-corrected chi connectivity index (χ0v) is 8.17. The molecule has 1 atom stereocenters. The molecule has 1 unspecified atom stereocenters. The van der Waals surface area contributed by atoms with Crippen LogP contribution in [0, 0.1) is 0 Å². The molecular formula is C8H17N5. The van der Waals surface area contributed by atoms with Gasteiger partial charge in [-0.2, -0.15) is 0 Å². The van der Waals surface area contributed by atoms with E-state index in [9.17, 15) is 0 Å². The average Bonchev–Trinajstić information content (AvgIpc) is 2.04. The lowest BCUT2D eigenvalue weighted by Gasteiger charge is -2.23. The highest BCUT2D eigenvalue weighted by atomic mass is 15.3. The normalized spacial score (nSPS) is 24.9. The van der Waals surface area contributed by atoms with E-state index in [4.69, 9.17) is 5.73 Å². The van der Waals surface area contributed by atoms with E-state index < -0.39 is 0 Å². The van der Waals surface area contributed by atoms with Gasteiger partial charge in [0.25, 0.3) is 0 Å². The second-order valence-corrected chi connectivity index (χ2v) is 2.91. The summed E-state index contributed by atoms with van der Waals surface area (Å²) in [5.74, 6) is 1.18. The van der Waals surface area contributed by atoms with Crippen LogP contribution in [-0.4, -0.2) is 24.6 Å². The number of nitrogens with zero attached hydrogens (tertiary/aromatic N) is 2. The fourth-order valence-corrected chi connectivity index (χ4v) is 1.20. The summed E-state index contributed by atoms with van der Waals surface area (Å²) in [6.45, 7) is 4.83. The summed E-state index contributed by atoms with van der Waals surface area (Å²) in [5, 5.41) is 6.03. The minimum atomic E-state index is 0.0801. The molecular weight excluding hydrogens is 166 g/mol. The van der Waals surface area contributed by atoms with E-state index in [-0.39, 0.29) is 6.17 Å². The molecule has 0 aromatic heterocycles. The lowest BCUT2D eigenvalue weighted by molar-refractivity contribution is 0.555. The maximum Gasteiger partial charge on any atom is 0.199 e. The number of hydrogen-bond acceptors (Lipinski definition) is 3. The van der Waals surface area contributed by atoms with Crippen molar-refractivity contribution in [1.82, 2.24) is 10.6 Å². The zero-order chi connectivity index (χ0) is 9.68. The lowest BCUT2D eigenvalue weighted by atomic mass is 10.3. The second-order valence-electron chi connectivity index (χ2n) is 2.91. The third-order valence-corrected chi connectivity index (χ3v) is 1.72. The molecule has 5 nitrogen and oxygen atoms in total. The maximum atomic E-state index is 5.59. The van der Waals surface area contributed by atoms with E-state index in [1.807, 2.05) is 6.92 Å². The van der Waals surface area contributed by atoms with Crippen molar-refractivity contribution in [2.45, 2.75) is 32.9 Å². The van der Waals surface area contributed by atoms with Crippen LogP contribution < -0.4 is 16.4 Å². The topological polar surface area (TPSA) is 74.8 Å². The van der Waals surface area contributed by atoms with Crippen molar-refractivity contribution in [2.24, 2.45) is 15.7 Å². The van der Waals surface area contributed by atoms with Crippen LogP contribution in [0.15, 0.2) is 9.98 Å². The molecule has 0 saturated heterocycles. The molecule has 0 amide bonds. The molecule has 0 aromatic rings. The van der Waals surface area contributed by atoms with Gasteiger partial charge >= 0.3 is 0 Å². The van der Waals surface area contributed by atoms with E-state index >= 15 is 0 Å². The SMILES string of the molecule is CCCC1N=C(N)NC(=NCC)N1.